The van der Waals surface area contributed by atoms with E-state index in [0.29, 0.717) is 0 Å². The molecular formula is C12H22BrN3S. The van der Waals surface area contributed by atoms with Gasteiger partial charge in [0.1, 0.15) is 0 Å². The number of likely N-dealkylation sites (N-methyl/N-ethyl adjacent to an activating group) is 1. The number of thiophene rings is 1. The summed E-state index contributed by atoms with van der Waals surface area (Å²) >= 11 is 5.35. The summed E-state index contributed by atoms with van der Waals surface area (Å²) in [5.41, 5.74) is 3.05. The quantitative estimate of drug-likeness (QED) is 0.625. The number of nitrogens with zero attached hydrogens (tertiary/aromatic N) is 1. The van der Waals surface area contributed by atoms with Crippen LogP contribution in [0.15, 0.2) is 15.9 Å². The van der Waals surface area contributed by atoms with Gasteiger partial charge in [0.25, 0.3) is 0 Å². The van der Waals surface area contributed by atoms with Crippen molar-refractivity contribution in [2.75, 3.05) is 14.1 Å². The van der Waals surface area contributed by atoms with Gasteiger partial charge >= 0.3 is 0 Å². The van der Waals surface area contributed by atoms with E-state index in [2.05, 4.69) is 65.6 Å². The Morgan fingerprint density at radius 3 is 2.35 bits per heavy atom. The highest BCUT2D eigenvalue weighted by molar-refractivity contribution is 9.10. The summed E-state index contributed by atoms with van der Waals surface area (Å²) < 4.78 is 1.14. The van der Waals surface area contributed by atoms with Crippen molar-refractivity contribution >= 4 is 27.3 Å². The molecule has 0 spiro atoms. The molecule has 1 heterocycles. The first-order valence-electron chi connectivity index (χ1n) is 5.89. The molecule has 3 nitrogen and oxygen atoms in total. The molecule has 0 bridgehead atoms. The lowest BCUT2D eigenvalue weighted by atomic mass is 9.82. The van der Waals surface area contributed by atoms with Gasteiger partial charge in [-0.1, -0.05) is 13.8 Å². The Morgan fingerprint density at radius 1 is 1.47 bits per heavy atom. The van der Waals surface area contributed by atoms with Gasteiger partial charge in [-0.15, -0.1) is 11.3 Å². The Hall–Kier alpha value is 0.0600. The van der Waals surface area contributed by atoms with Gasteiger partial charge in [0.15, 0.2) is 0 Å². The smallest absolute Gasteiger partial charge is 0.0747 e. The van der Waals surface area contributed by atoms with Crippen LogP contribution in [0.5, 0.6) is 0 Å². The van der Waals surface area contributed by atoms with Crippen molar-refractivity contribution in [3.63, 3.8) is 0 Å². The van der Waals surface area contributed by atoms with Crippen molar-refractivity contribution in [1.29, 1.82) is 0 Å². The maximum atomic E-state index is 5.82. The van der Waals surface area contributed by atoms with Gasteiger partial charge < -0.3 is 4.90 Å². The molecule has 5 heteroatoms. The van der Waals surface area contributed by atoms with Gasteiger partial charge in [-0.25, -0.2) is 0 Å². The lowest BCUT2D eigenvalue weighted by Crippen LogP contribution is -2.54. The van der Waals surface area contributed by atoms with Crippen LogP contribution in [0, 0.1) is 0 Å². The van der Waals surface area contributed by atoms with Gasteiger partial charge in [0, 0.05) is 14.9 Å². The Balaban J connectivity index is 3.19. The molecule has 0 aliphatic heterocycles. The van der Waals surface area contributed by atoms with Crippen molar-refractivity contribution in [2.45, 2.75) is 38.3 Å². The highest BCUT2D eigenvalue weighted by atomic mass is 79.9. The average Bonchev–Trinajstić information content (AvgIpc) is 2.72. The van der Waals surface area contributed by atoms with E-state index in [1.165, 1.54) is 4.88 Å². The highest BCUT2D eigenvalue weighted by Crippen LogP contribution is 2.40. The first-order chi connectivity index (χ1) is 8.03. The molecule has 0 aromatic carbocycles. The van der Waals surface area contributed by atoms with Crippen LogP contribution in [0.25, 0.3) is 0 Å². The largest absolute Gasteiger partial charge is 0.302 e. The van der Waals surface area contributed by atoms with Gasteiger partial charge in [-0.05, 0) is 54.3 Å². The number of rotatable bonds is 6. The molecule has 1 aromatic rings. The van der Waals surface area contributed by atoms with Gasteiger partial charge in [0.2, 0.25) is 0 Å². The van der Waals surface area contributed by atoms with Crippen LogP contribution >= 0.6 is 27.3 Å². The number of nitrogens with two attached hydrogens (primary N) is 1. The first-order valence-corrected chi connectivity index (χ1v) is 7.57. The van der Waals surface area contributed by atoms with Crippen LogP contribution in [-0.2, 0) is 0 Å². The molecule has 0 radical (unpaired) electrons. The topological polar surface area (TPSA) is 41.3 Å². The molecule has 98 valence electrons. The molecule has 1 unspecified atom stereocenters. The van der Waals surface area contributed by atoms with E-state index in [4.69, 9.17) is 5.84 Å². The third kappa shape index (κ3) is 2.74. The fraction of sp³-hybridized carbons (Fsp3) is 0.667. The molecule has 0 saturated carbocycles. The van der Waals surface area contributed by atoms with E-state index < -0.39 is 0 Å². The third-order valence-electron chi connectivity index (χ3n) is 3.73. The second-order valence-electron chi connectivity index (χ2n) is 4.44. The second kappa shape index (κ2) is 6.29. The maximum Gasteiger partial charge on any atom is 0.0747 e. The molecule has 0 amide bonds. The number of hydrazine groups is 1. The Kier molecular flexibility index (Phi) is 5.60. The Bertz CT molecular complexity index is 347. The molecule has 17 heavy (non-hydrogen) atoms. The summed E-state index contributed by atoms with van der Waals surface area (Å²) in [4.78, 5) is 3.55. The van der Waals surface area contributed by atoms with Gasteiger partial charge in [0.05, 0.1) is 6.04 Å². The molecule has 0 aliphatic carbocycles. The maximum absolute atomic E-state index is 5.82. The lowest BCUT2D eigenvalue weighted by Gasteiger charge is -2.44. The van der Waals surface area contributed by atoms with E-state index >= 15 is 0 Å². The minimum Gasteiger partial charge on any atom is -0.302 e. The van der Waals surface area contributed by atoms with Crippen LogP contribution in [-0.4, -0.2) is 24.5 Å². The molecule has 3 N–H and O–H groups in total. The zero-order valence-corrected chi connectivity index (χ0v) is 13.4. The summed E-state index contributed by atoms with van der Waals surface area (Å²) in [6, 6.07) is 2.22. The normalized spacial score (nSPS) is 14.3. The minimum absolute atomic E-state index is 0.0438. The van der Waals surface area contributed by atoms with E-state index in [9.17, 15) is 0 Å². The van der Waals surface area contributed by atoms with Crippen LogP contribution in [0.1, 0.15) is 37.6 Å². The van der Waals surface area contributed by atoms with Crippen molar-refractivity contribution in [1.82, 2.24) is 10.3 Å². The third-order valence-corrected chi connectivity index (χ3v) is 5.66. The number of hydrogen-bond donors (Lipinski definition) is 2. The molecule has 1 aromatic heterocycles. The summed E-state index contributed by atoms with van der Waals surface area (Å²) in [6.45, 7) is 4.44. The van der Waals surface area contributed by atoms with Crippen molar-refractivity contribution in [3.05, 3.63) is 20.8 Å². The fourth-order valence-electron chi connectivity index (χ4n) is 2.54. The number of halogens is 1. The zero-order chi connectivity index (χ0) is 13.1. The first kappa shape index (κ1) is 15.1. The van der Waals surface area contributed by atoms with E-state index in [1.54, 1.807) is 11.3 Å². The number of nitrogens with one attached hydrogen (secondary N) is 1. The molecule has 0 fully saturated rings. The zero-order valence-electron chi connectivity index (χ0n) is 11.0. The molecule has 1 atom stereocenters. The SMILES string of the molecule is CCC(CC)(C(NN)c1sccc1Br)N(C)C. The molecule has 1 rings (SSSR count). The predicted molar refractivity (Wildman–Crippen MR) is 79.1 cm³/mol. The Morgan fingerprint density at radius 2 is 2.06 bits per heavy atom. The second-order valence-corrected chi connectivity index (χ2v) is 6.24. The van der Waals surface area contributed by atoms with Gasteiger partial charge in [-0.3, -0.25) is 11.3 Å². The molecule has 0 aliphatic rings. The van der Waals surface area contributed by atoms with E-state index in [-0.39, 0.29) is 11.6 Å². The fourth-order valence-corrected chi connectivity index (χ4v) is 4.31. The van der Waals surface area contributed by atoms with Crippen LogP contribution in [0.2, 0.25) is 0 Å². The van der Waals surface area contributed by atoms with E-state index in [1.807, 2.05) is 0 Å². The number of hydrogen-bond acceptors (Lipinski definition) is 4. The standard InChI is InChI=1S/C12H22BrN3S/c1-5-12(6-2,16(3)4)11(15-14)10-9(13)7-8-17-10/h7-8,11,15H,5-6,14H2,1-4H3. The van der Waals surface area contributed by atoms with Crippen molar-refractivity contribution < 1.29 is 0 Å². The van der Waals surface area contributed by atoms with E-state index in [0.717, 1.165) is 17.3 Å². The van der Waals surface area contributed by atoms with Crippen LogP contribution in [0.4, 0.5) is 0 Å². The van der Waals surface area contributed by atoms with Crippen LogP contribution in [0.3, 0.4) is 0 Å². The van der Waals surface area contributed by atoms with Crippen molar-refractivity contribution in [2.24, 2.45) is 5.84 Å². The Labute approximate surface area is 116 Å². The monoisotopic (exact) mass is 319 g/mol. The lowest BCUT2D eigenvalue weighted by molar-refractivity contribution is 0.0894. The molecule has 0 saturated heterocycles. The minimum atomic E-state index is 0.0438. The summed E-state index contributed by atoms with van der Waals surface area (Å²) in [7, 11) is 4.25. The summed E-state index contributed by atoms with van der Waals surface area (Å²) in [5.74, 6) is 5.82. The molecular weight excluding hydrogens is 298 g/mol. The predicted octanol–water partition coefficient (Wildman–Crippen LogP) is 3.14. The van der Waals surface area contributed by atoms with Gasteiger partial charge in [-0.2, -0.15) is 0 Å². The highest BCUT2D eigenvalue weighted by Gasteiger charge is 2.39. The summed E-state index contributed by atoms with van der Waals surface area (Å²) in [5, 5.41) is 2.09. The average molecular weight is 320 g/mol. The summed E-state index contributed by atoms with van der Waals surface area (Å²) in [6.07, 6.45) is 2.10. The van der Waals surface area contributed by atoms with Crippen LogP contribution < -0.4 is 11.3 Å². The van der Waals surface area contributed by atoms with Crippen molar-refractivity contribution in [3.8, 4) is 0 Å².